The monoisotopic (exact) mass is 401 g/mol. The number of nitrogens with zero attached hydrogens (tertiary/aromatic N) is 1. The van der Waals surface area contributed by atoms with E-state index in [0.29, 0.717) is 18.8 Å². The van der Waals surface area contributed by atoms with Crippen LogP contribution in [0.25, 0.3) is 0 Å². The van der Waals surface area contributed by atoms with Crippen molar-refractivity contribution in [2.75, 3.05) is 26.2 Å². The van der Waals surface area contributed by atoms with E-state index in [2.05, 4.69) is 4.90 Å². The number of benzene rings is 2. The van der Waals surface area contributed by atoms with Crippen molar-refractivity contribution in [3.63, 3.8) is 0 Å². The van der Waals surface area contributed by atoms with Crippen LogP contribution in [0.3, 0.4) is 0 Å². The summed E-state index contributed by atoms with van der Waals surface area (Å²) < 4.78 is 45.8. The highest BCUT2D eigenvalue weighted by Crippen LogP contribution is 2.25. The maximum Gasteiger partial charge on any atom is 0.194 e. The van der Waals surface area contributed by atoms with Gasteiger partial charge in [-0.3, -0.25) is 4.90 Å². The van der Waals surface area contributed by atoms with Crippen molar-refractivity contribution in [2.24, 2.45) is 5.92 Å². The highest BCUT2D eigenvalue weighted by Gasteiger charge is 2.22. The predicted molar refractivity (Wildman–Crippen MR) is 100 cm³/mol. The Morgan fingerprint density at radius 1 is 0.963 bits per heavy atom. The minimum atomic E-state index is -1.38. The highest BCUT2D eigenvalue weighted by atomic mass is 35.5. The molecule has 0 spiro atoms. The van der Waals surface area contributed by atoms with Crippen LogP contribution in [0.2, 0.25) is 0 Å². The molecule has 148 valence electrons. The van der Waals surface area contributed by atoms with Crippen LogP contribution in [0.1, 0.15) is 18.4 Å². The number of aromatic hydroxyl groups is 1. The van der Waals surface area contributed by atoms with Crippen molar-refractivity contribution < 1.29 is 23.0 Å². The maximum absolute atomic E-state index is 13.8. The first-order valence-corrected chi connectivity index (χ1v) is 8.79. The molecular weight excluding hydrogens is 379 g/mol. The molecule has 1 heterocycles. The second-order valence-corrected chi connectivity index (χ2v) is 6.67. The van der Waals surface area contributed by atoms with Crippen LogP contribution in [0.5, 0.6) is 11.5 Å². The van der Waals surface area contributed by atoms with Gasteiger partial charge in [-0.15, -0.1) is 12.4 Å². The number of piperidine rings is 1. The van der Waals surface area contributed by atoms with E-state index in [9.17, 15) is 18.3 Å². The Labute approximate surface area is 163 Å². The first-order chi connectivity index (χ1) is 12.5. The van der Waals surface area contributed by atoms with Gasteiger partial charge in [-0.1, -0.05) is 6.07 Å². The molecule has 27 heavy (non-hydrogen) atoms. The van der Waals surface area contributed by atoms with Gasteiger partial charge in [0.25, 0.3) is 0 Å². The Morgan fingerprint density at radius 2 is 1.63 bits per heavy atom. The molecule has 1 fully saturated rings. The van der Waals surface area contributed by atoms with E-state index in [0.717, 1.165) is 38.5 Å². The summed E-state index contributed by atoms with van der Waals surface area (Å²) >= 11 is 0. The van der Waals surface area contributed by atoms with E-state index in [1.54, 1.807) is 24.3 Å². The van der Waals surface area contributed by atoms with E-state index in [1.807, 2.05) is 0 Å². The lowest BCUT2D eigenvalue weighted by Crippen LogP contribution is -2.37. The van der Waals surface area contributed by atoms with Crippen LogP contribution in [0.15, 0.2) is 36.4 Å². The molecule has 2 aromatic carbocycles. The van der Waals surface area contributed by atoms with E-state index >= 15 is 0 Å². The van der Waals surface area contributed by atoms with Gasteiger partial charge < -0.3 is 9.84 Å². The summed E-state index contributed by atoms with van der Waals surface area (Å²) in [4.78, 5) is 2.28. The smallest absolute Gasteiger partial charge is 0.194 e. The van der Waals surface area contributed by atoms with E-state index in [4.69, 9.17) is 4.74 Å². The van der Waals surface area contributed by atoms with E-state index < -0.39 is 17.5 Å². The van der Waals surface area contributed by atoms with Crippen LogP contribution in [-0.2, 0) is 6.42 Å². The summed E-state index contributed by atoms with van der Waals surface area (Å²) in [6, 6.07) is 8.93. The fourth-order valence-electron chi connectivity index (χ4n) is 3.28. The summed E-state index contributed by atoms with van der Waals surface area (Å²) in [5.74, 6) is -2.40. The van der Waals surface area contributed by atoms with Gasteiger partial charge >= 0.3 is 0 Å². The third kappa shape index (κ3) is 5.78. The van der Waals surface area contributed by atoms with Gasteiger partial charge in [-0.25, -0.2) is 13.2 Å². The first-order valence-electron chi connectivity index (χ1n) is 8.79. The lowest BCUT2D eigenvalue weighted by atomic mass is 9.90. The van der Waals surface area contributed by atoms with Crippen LogP contribution in [0, 0.1) is 23.4 Å². The molecule has 3 nitrogen and oxygen atoms in total. The summed E-state index contributed by atoms with van der Waals surface area (Å²) in [7, 11) is 0. The quantitative estimate of drug-likeness (QED) is 0.720. The highest BCUT2D eigenvalue weighted by molar-refractivity contribution is 5.85. The van der Waals surface area contributed by atoms with Gasteiger partial charge in [0.1, 0.15) is 18.1 Å². The molecule has 1 N–H and O–H groups in total. The average molecular weight is 402 g/mol. The maximum atomic E-state index is 13.8. The molecule has 3 rings (SSSR count). The molecular formula is C20H23ClF3NO2. The van der Waals surface area contributed by atoms with Crippen molar-refractivity contribution in [1.82, 2.24) is 4.90 Å². The Balaban J connectivity index is 0.00000261. The Hall–Kier alpha value is -1.92. The third-order valence-electron chi connectivity index (χ3n) is 4.84. The van der Waals surface area contributed by atoms with Gasteiger partial charge in [0.05, 0.1) is 0 Å². The summed E-state index contributed by atoms with van der Waals surface area (Å²) in [5.41, 5.74) is 0.248. The van der Waals surface area contributed by atoms with E-state index in [-0.39, 0.29) is 29.6 Å². The molecule has 0 aromatic heterocycles. The number of phenolic OH excluding ortho intramolecular Hbond substituents is 1. The van der Waals surface area contributed by atoms with Crippen molar-refractivity contribution in [1.29, 1.82) is 0 Å². The molecule has 0 atom stereocenters. The molecule has 1 aliphatic rings. The SMILES string of the molecule is Cl.Oc1ccc(OCCN2CCC(Cc3ccc(F)c(F)c3F)CC2)cc1. The van der Waals surface area contributed by atoms with Gasteiger partial charge in [0.15, 0.2) is 17.5 Å². The van der Waals surface area contributed by atoms with Crippen LogP contribution < -0.4 is 4.74 Å². The number of hydrogen-bond donors (Lipinski definition) is 1. The molecule has 7 heteroatoms. The third-order valence-corrected chi connectivity index (χ3v) is 4.84. The number of hydrogen-bond acceptors (Lipinski definition) is 3. The number of likely N-dealkylation sites (tertiary alicyclic amines) is 1. The molecule has 0 saturated carbocycles. The Morgan fingerprint density at radius 3 is 2.30 bits per heavy atom. The van der Waals surface area contributed by atoms with Gasteiger partial charge in [0.2, 0.25) is 0 Å². The minimum Gasteiger partial charge on any atom is -0.508 e. The largest absolute Gasteiger partial charge is 0.508 e. The van der Waals surface area contributed by atoms with Crippen molar-refractivity contribution in [3.8, 4) is 11.5 Å². The number of rotatable bonds is 6. The number of ether oxygens (including phenoxy) is 1. The van der Waals surface area contributed by atoms with Gasteiger partial charge in [-0.05, 0) is 74.2 Å². The van der Waals surface area contributed by atoms with Crippen LogP contribution in [-0.4, -0.2) is 36.2 Å². The molecule has 2 aromatic rings. The van der Waals surface area contributed by atoms with Crippen molar-refractivity contribution >= 4 is 12.4 Å². The lowest BCUT2D eigenvalue weighted by Gasteiger charge is -2.32. The molecule has 0 radical (unpaired) electrons. The first kappa shape index (κ1) is 21.4. The Kier molecular flexibility index (Phi) is 7.80. The topological polar surface area (TPSA) is 32.7 Å². The van der Waals surface area contributed by atoms with Gasteiger partial charge in [0, 0.05) is 6.54 Å². The van der Waals surface area contributed by atoms with Crippen molar-refractivity contribution in [3.05, 3.63) is 59.4 Å². The number of halogens is 4. The standard InChI is InChI=1S/C20H22F3NO2.ClH/c21-18-6-1-15(19(22)20(18)23)13-14-7-9-24(10-8-14)11-12-26-17-4-2-16(25)3-5-17;/h1-6,14,25H,7-13H2;1H. The molecule has 0 amide bonds. The summed E-state index contributed by atoms with van der Waals surface area (Å²) in [5, 5.41) is 9.24. The van der Waals surface area contributed by atoms with Crippen LogP contribution in [0.4, 0.5) is 13.2 Å². The average Bonchev–Trinajstić information content (AvgIpc) is 2.65. The minimum absolute atomic E-state index is 0. The zero-order valence-corrected chi connectivity index (χ0v) is 15.7. The molecule has 1 saturated heterocycles. The fraction of sp³-hybridized carbons (Fsp3) is 0.400. The summed E-state index contributed by atoms with van der Waals surface area (Å²) in [6.45, 7) is 3.07. The van der Waals surface area contributed by atoms with E-state index in [1.165, 1.54) is 6.07 Å². The number of phenols is 1. The lowest BCUT2D eigenvalue weighted by molar-refractivity contribution is 0.154. The molecule has 1 aliphatic heterocycles. The van der Waals surface area contributed by atoms with Crippen LogP contribution >= 0.6 is 12.4 Å². The fourth-order valence-corrected chi connectivity index (χ4v) is 3.28. The molecule has 0 bridgehead atoms. The van der Waals surface area contributed by atoms with Gasteiger partial charge in [-0.2, -0.15) is 0 Å². The predicted octanol–water partition coefficient (Wildman–Crippen LogP) is 4.56. The zero-order chi connectivity index (χ0) is 18.5. The second kappa shape index (κ2) is 9.85. The Bertz CT molecular complexity index is 735. The molecule has 0 unspecified atom stereocenters. The molecule has 0 aliphatic carbocycles. The summed E-state index contributed by atoms with van der Waals surface area (Å²) in [6.07, 6.45) is 2.20. The zero-order valence-electron chi connectivity index (χ0n) is 14.8. The normalized spacial score (nSPS) is 15.4. The second-order valence-electron chi connectivity index (χ2n) is 6.67. The van der Waals surface area contributed by atoms with Crippen molar-refractivity contribution in [2.45, 2.75) is 19.3 Å².